The number of nitrogens with two attached hydrogens (primary N) is 2. The van der Waals surface area contributed by atoms with E-state index in [1.165, 1.54) is 0 Å². The van der Waals surface area contributed by atoms with Gasteiger partial charge in [0.15, 0.2) is 5.78 Å². The van der Waals surface area contributed by atoms with E-state index in [-0.39, 0.29) is 5.78 Å². The molecule has 1 aliphatic carbocycles. The molecule has 0 aromatic heterocycles. The molecule has 0 saturated carbocycles. The first-order valence-corrected chi connectivity index (χ1v) is 7.13. The second-order valence-electron chi connectivity index (χ2n) is 5.31. The monoisotopic (exact) mass is 291 g/mol. The molecule has 22 heavy (non-hydrogen) atoms. The van der Waals surface area contributed by atoms with E-state index in [2.05, 4.69) is 5.10 Å². The molecule has 0 saturated heterocycles. The molecule has 0 radical (unpaired) electrons. The lowest BCUT2D eigenvalue weighted by Gasteiger charge is -2.16. The van der Waals surface area contributed by atoms with Gasteiger partial charge in [-0.3, -0.25) is 4.79 Å². The van der Waals surface area contributed by atoms with Gasteiger partial charge in [0, 0.05) is 23.1 Å². The van der Waals surface area contributed by atoms with Gasteiger partial charge < -0.3 is 11.6 Å². The van der Waals surface area contributed by atoms with Crippen LogP contribution in [-0.4, -0.2) is 11.6 Å². The molecular formula is C18H17N3O. The number of carbonyl (C=O) groups excluding carboxylic acids is 1. The minimum Gasteiger partial charge on any atom is -0.382 e. The quantitative estimate of drug-likeness (QED) is 0.393. The number of allylic oxidation sites excluding steroid dienone is 2. The highest BCUT2D eigenvalue weighted by Crippen LogP contribution is 2.23. The first-order chi connectivity index (χ1) is 10.7. The SMILES string of the molecule is N/N=C(\N)c1ccc(CC2=CCc3ccccc3C2=O)cc1. The standard InChI is InChI=1S/C18H17N3O/c19-18(21-20)14-7-5-12(6-8-14)11-15-10-9-13-3-1-2-4-16(13)17(15)22/h1-8,10H,9,11,20H2,(H2,19,21). The molecular weight excluding hydrogens is 274 g/mol. The third-order valence-corrected chi connectivity index (χ3v) is 3.91. The molecule has 0 unspecified atom stereocenters. The van der Waals surface area contributed by atoms with E-state index < -0.39 is 0 Å². The molecule has 0 aliphatic heterocycles. The zero-order chi connectivity index (χ0) is 15.5. The Labute approximate surface area is 129 Å². The summed E-state index contributed by atoms with van der Waals surface area (Å²) in [6, 6.07) is 15.4. The fraction of sp³-hybridized carbons (Fsp3) is 0.111. The van der Waals surface area contributed by atoms with E-state index in [4.69, 9.17) is 11.6 Å². The zero-order valence-electron chi connectivity index (χ0n) is 12.1. The van der Waals surface area contributed by atoms with Crippen LogP contribution in [0.3, 0.4) is 0 Å². The molecule has 4 N–H and O–H groups in total. The summed E-state index contributed by atoms with van der Waals surface area (Å²) in [5.74, 6) is 5.58. The largest absolute Gasteiger partial charge is 0.382 e. The normalized spacial score (nSPS) is 14.5. The highest BCUT2D eigenvalue weighted by Gasteiger charge is 2.19. The summed E-state index contributed by atoms with van der Waals surface area (Å²) in [5, 5.41) is 3.47. The van der Waals surface area contributed by atoms with Gasteiger partial charge in [-0.05, 0) is 17.5 Å². The lowest BCUT2D eigenvalue weighted by atomic mass is 9.87. The maximum atomic E-state index is 12.5. The van der Waals surface area contributed by atoms with Crippen molar-refractivity contribution in [2.75, 3.05) is 0 Å². The van der Waals surface area contributed by atoms with E-state index >= 15 is 0 Å². The molecule has 4 heteroatoms. The Hall–Kier alpha value is -2.88. The van der Waals surface area contributed by atoms with Crippen molar-refractivity contribution in [1.29, 1.82) is 0 Å². The smallest absolute Gasteiger partial charge is 0.189 e. The van der Waals surface area contributed by atoms with Crippen molar-refractivity contribution in [1.82, 2.24) is 0 Å². The van der Waals surface area contributed by atoms with Crippen LogP contribution in [0.1, 0.15) is 27.0 Å². The highest BCUT2D eigenvalue weighted by atomic mass is 16.1. The van der Waals surface area contributed by atoms with Crippen molar-refractivity contribution >= 4 is 11.6 Å². The second-order valence-corrected chi connectivity index (χ2v) is 5.31. The highest BCUT2D eigenvalue weighted by molar-refractivity contribution is 6.11. The van der Waals surface area contributed by atoms with Gasteiger partial charge in [0.05, 0.1) is 0 Å². The third-order valence-electron chi connectivity index (χ3n) is 3.91. The average Bonchev–Trinajstić information content (AvgIpc) is 2.57. The van der Waals surface area contributed by atoms with Crippen LogP contribution in [0.4, 0.5) is 0 Å². The Balaban J connectivity index is 1.80. The molecule has 0 bridgehead atoms. The van der Waals surface area contributed by atoms with E-state index in [0.717, 1.165) is 34.2 Å². The Bertz CT molecular complexity index is 773. The van der Waals surface area contributed by atoms with Gasteiger partial charge in [-0.1, -0.05) is 54.6 Å². The molecule has 2 aromatic rings. The molecule has 4 nitrogen and oxygen atoms in total. The summed E-state index contributed by atoms with van der Waals surface area (Å²) in [6.45, 7) is 0. The summed E-state index contributed by atoms with van der Waals surface area (Å²) >= 11 is 0. The number of fused-ring (bicyclic) bond motifs is 1. The molecule has 0 fully saturated rings. The number of hydrazone groups is 1. The van der Waals surface area contributed by atoms with E-state index in [1.807, 2.05) is 54.6 Å². The number of hydrogen-bond acceptors (Lipinski definition) is 3. The minimum absolute atomic E-state index is 0.119. The topological polar surface area (TPSA) is 81.5 Å². The van der Waals surface area contributed by atoms with Crippen LogP contribution in [0.2, 0.25) is 0 Å². The molecule has 0 amide bonds. The molecule has 0 spiro atoms. The first-order valence-electron chi connectivity index (χ1n) is 7.13. The minimum atomic E-state index is 0.119. The molecule has 3 rings (SSSR count). The number of ketones is 1. The second kappa shape index (κ2) is 5.85. The summed E-state index contributed by atoms with van der Waals surface area (Å²) in [4.78, 5) is 12.5. The predicted octanol–water partition coefficient (Wildman–Crippen LogP) is 2.17. The van der Waals surface area contributed by atoms with Gasteiger partial charge in [0.2, 0.25) is 0 Å². The zero-order valence-corrected chi connectivity index (χ0v) is 12.1. The summed E-state index contributed by atoms with van der Waals surface area (Å²) in [6.07, 6.45) is 3.45. The van der Waals surface area contributed by atoms with Gasteiger partial charge in [0.25, 0.3) is 0 Å². The number of benzene rings is 2. The number of amidine groups is 1. The fourth-order valence-electron chi connectivity index (χ4n) is 2.66. The van der Waals surface area contributed by atoms with Crippen LogP contribution in [0.5, 0.6) is 0 Å². The number of rotatable bonds is 3. The van der Waals surface area contributed by atoms with Crippen molar-refractivity contribution in [3.05, 3.63) is 82.4 Å². The number of carbonyl (C=O) groups is 1. The molecule has 110 valence electrons. The lowest BCUT2D eigenvalue weighted by molar-refractivity contribution is 0.102. The van der Waals surface area contributed by atoms with Crippen LogP contribution >= 0.6 is 0 Å². The van der Waals surface area contributed by atoms with Crippen molar-refractivity contribution in [3.63, 3.8) is 0 Å². The van der Waals surface area contributed by atoms with E-state index in [9.17, 15) is 4.79 Å². The third kappa shape index (κ3) is 2.63. The average molecular weight is 291 g/mol. The van der Waals surface area contributed by atoms with Gasteiger partial charge >= 0.3 is 0 Å². The van der Waals surface area contributed by atoms with Crippen LogP contribution in [0.15, 0.2) is 65.3 Å². The first kappa shape index (κ1) is 14.1. The predicted molar refractivity (Wildman–Crippen MR) is 87.6 cm³/mol. The van der Waals surface area contributed by atoms with Gasteiger partial charge in [-0.2, -0.15) is 5.10 Å². The molecule has 1 aliphatic rings. The van der Waals surface area contributed by atoms with Crippen LogP contribution < -0.4 is 11.6 Å². The summed E-state index contributed by atoms with van der Waals surface area (Å²) in [7, 11) is 0. The summed E-state index contributed by atoms with van der Waals surface area (Å²) in [5.41, 5.74) is 10.3. The van der Waals surface area contributed by atoms with E-state index in [1.54, 1.807) is 0 Å². The molecule has 0 heterocycles. The Morgan fingerprint density at radius 3 is 2.55 bits per heavy atom. The number of nitrogens with zero attached hydrogens (tertiary/aromatic N) is 1. The number of hydrogen-bond donors (Lipinski definition) is 2. The van der Waals surface area contributed by atoms with Crippen LogP contribution in [-0.2, 0) is 12.8 Å². The van der Waals surface area contributed by atoms with E-state index in [0.29, 0.717) is 12.3 Å². The van der Waals surface area contributed by atoms with Crippen molar-refractivity contribution in [2.24, 2.45) is 16.7 Å². The number of Topliss-reactive ketones (excluding diaryl/α,β-unsaturated/α-hetero) is 1. The Kier molecular flexibility index (Phi) is 3.74. The Morgan fingerprint density at radius 2 is 1.82 bits per heavy atom. The van der Waals surface area contributed by atoms with Crippen molar-refractivity contribution in [2.45, 2.75) is 12.8 Å². The van der Waals surface area contributed by atoms with Crippen LogP contribution in [0.25, 0.3) is 0 Å². The van der Waals surface area contributed by atoms with Crippen LogP contribution in [0, 0.1) is 0 Å². The maximum Gasteiger partial charge on any atom is 0.189 e. The van der Waals surface area contributed by atoms with Gasteiger partial charge in [-0.25, -0.2) is 0 Å². The summed E-state index contributed by atoms with van der Waals surface area (Å²) < 4.78 is 0. The molecule has 2 aromatic carbocycles. The molecule has 0 atom stereocenters. The van der Waals surface area contributed by atoms with Gasteiger partial charge in [0.1, 0.15) is 5.84 Å². The fourth-order valence-corrected chi connectivity index (χ4v) is 2.66. The van der Waals surface area contributed by atoms with Gasteiger partial charge in [-0.15, -0.1) is 0 Å². The Morgan fingerprint density at radius 1 is 1.09 bits per heavy atom. The van der Waals surface area contributed by atoms with Crippen molar-refractivity contribution < 1.29 is 4.79 Å². The van der Waals surface area contributed by atoms with Crippen molar-refractivity contribution in [3.8, 4) is 0 Å². The maximum absolute atomic E-state index is 12.5. The lowest BCUT2D eigenvalue weighted by Crippen LogP contribution is -2.16.